The number of hydrogen-bond donors (Lipinski definition) is 2. The molecule has 1 aliphatic heterocycles. The number of aryl methyl sites for hydroxylation is 2. The van der Waals surface area contributed by atoms with Crippen LogP contribution in [0.1, 0.15) is 23.1 Å². The molecule has 150 valence electrons. The summed E-state index contributed by atoms with van der Waals surface area (Å²) >= 11 is 0. The number of amides is 2. The van der Waals surface area contributed by atoms with Crippen molar-refractivity contribution < 1.29 is 14.0 Å². The Balaban J connectivity index is 1.38. The highest BCUT2D eigenvalue weighted by atomic mass is 19.1. The van der Waals surface area contributed by atoms with Crippen LogP contribution in [0, 0.1) is 25.6 Å². The highest BCUT2D eigenvalue weighted by Crippen LogP contribution is 2.24. The Labute approximate surface area is 168 Å². The number of aromatic amines is 1. The fourth-order valence-corrected chi connectivity index (χ4v) is 3.97. The number of carbonyl (C=O) groups is 2. The number of hydrogen-bond acceptors (Lipinski definition) is 2. The molecule has 1 unspecified atom stereocenters. The predicted molar refractivity (Wildman–Crippen MR) is 111 cm³/mol. The minimum Gasteiger partial charge on any atom is -0.361 e. The van der Waals surface area contributed by atoms with Gasteiger partial charge in [-0.05, 0) is 55.7 Å². The fourth-order valence-electron chi connectivity index (χ4n) is 3.97. The maximum atomic E-state index is 13.5. The number of nitrogens with one attached hydrogen (secondary N) is 2. The first-order valence-electron chi connectivity index (χ1n) is 9.82. The van der Waals surface area contributed by atoms with E-state index in [1.807, 2.05) is 38.2 Å². The van der Waals surface area contributed by atoms with E-state index in [2.05, 4.69) is 10.3 Å². The van der Waals surface area contributed by atoms with Crippen molar-refractivity contribution in [3.8, 4) is 0 Å². The monoisotopic (exact) mass is 393 g/mol. The molecule has 0 spiro atoms. The SMILES string of the molecule is Cc1ccc(NC(=O)C2CC(=O)N(CCc3c[nH]c4ccc(F)cc34)C2)c(C)c1. The third-order valence-electron chi connectivity index (χ3n) is 5.61. The fraction of sp³-hybridized carbons (Fsp3) is 0.304. The lowest BCUT2D eigenvalue weighted by Crippen LogP contribution is -2.30. The molecule has 1 aliphatic rings. The van der Waals surface area contributed by atoms with Crippen molar-refractivity contribution in [3.63, 3.8) is 0 Å². The van der Waals surface area contributed by atoms with Gasteiger partial charge in [-0.15, -0.1) is 0 Å². The van der Waals surface area contributed by atoms with Crippen molar-refractivity contribution >= 4 is 28.4 Å². The van der Waals surface area contributed by atoms with Crippen molar-refractivity contribution in [2.45, 2.75) is 26.7 Å². The van der Waals surface area contributed by atoms with Crippen LogP contribution in [-0.4, -0.2) is 34.8 Å². The molecular formula is C23H24FN3O2. The van der Waals surface area contributed by atoms with Crippen molar-refractivity contribution in [3.05, 3.63) is 65.1 Å². The molecule has 2 heterocycles. The van der Waals surface area contributed by atoms with Crippen LogP contribution in [0.15, 0.2) is 42.6 Å². The number of carbonyl (C=O) groups excluding carboxylic acids is 2. The molecule has 6 heteroatoms. The normalized spacial score (nSPS) is 16.6. The molecule has 5 nitrogen and oxygen atoms in total. The zero-order valence-corrected chi connectivity index (χ0v) is 16.6. The molecular weight excluding hydrogens is 369 g/mol. The first-order chi connectivity index (χ1) is 13.9. The summed E-state index contributed by atoms with van der Waals surface area (Å²) in [5, 5.41) is 3.79. The Morgan fingerprint density at radius 2 is 2.07 bits per heavy atom. The van der Waals surface area contributed by atoms with Crippen molar-refractivity contribution in [2.24, 2.45) is 5.92 Å². The summed E-state index contributed by atoms with van der Waals surface area (Å²) in [5.74, 6) is -0.777. The molecule has 4 rings (SSSR count). The molecule has 1 atom stereocenters. The Kier molecular flexibility index (Phi) is 5.09. The average molecular weight is 393 g/mol. The molecule has 29 heavy (non-hydrogen) atoms. The van der Waals surface area contributed by atoms with Gasteiger partial charge in [0.2, 0.25) is 11.8 Å². The van der Waals surface area contributed by atoms with Crippen molar-refractivity contribution in [1.29, 1.82) is 0 Å². The lowest BCUT2D eigenvalue weighted by Gasteiger charge is -2.17. The minimum absolute atomic E-state index is 0.0169. The van der Waals surface area contributed by atoms with Crippen LogP contribution in [0.5, 0.6) is 0 Å². The molecule has 1 fully saturated rings. The van der Waals surface area contributed by atoms with E-state index < -0.39 is 0 Å². The lowest BCUT2D eigenvalue weighted by atomic mass is 10.1. The van der Waals surface area contributed by atoms with Gasteiger partial charge in [-0.1, -0.05) is 17.7 Å². The zero-order valence-electron chi connectivity index (χ0n) is 16.6. The quantitative estimate of drug-likeness (QED) is 0.689. The number of likely N-dealkylation sites (tertiary alicyclic amines) is 1. The van der Waals surface area contributed by atoms with E-state index in [1.165, 1.54) is 12.1 Å². The molecule has 0 radical (unpaired) electrons. The first-order valence-corrected chi connectivity index (χ1v) is 9.82. The van der Waals surface area contributed by atoms with E-state index in [4.69, 9.17) is 0 Å². The van der Waals surface area contributed by atoms with Gasteiger partial charge < -0.3 is 15.2 Å². The van der Waals surface area contributed by atoms with Gasteiger partial charge in [0.05, 0.1) is 5.92 Å². The smallest absolute Gasteiger partial charge is 0.229 e. The van der Waals surface area contributed by atoms with Crippen LogP contribution in [-0.2, 0) is 16.0 Å². The number of H-pyrrole nitrogens is 1. The van der Waals surface area contributed by atoms with Gasteiger partial charge in [-0.2, -0.15) is 0 Å². The van der Waals surface area contributed by atoms with Gasteiger partial charge in [0.25, 0.3) is 0 Å². The molecule has 1 aromatic heterocycles. The Bertz CT molecular complexity index is 1090. The minimum atomic E-state index is -0.358. The van der Waals surface area contributed by atoms with E-state index in [9.17, 15) is 14.0 Å². The number of halogens is 1. The summed E-state index contributed by atoms with van der Waals surface area (Å²) in [4.78, 5) is 29.9. The molecule has 2 aromatic carbocycles. The summed E-state index contributed by atoms with van der Waals surface area (Å²) in [6.07, 6.45) is 2.69. The van der Waals surface area contributed by atoms with E-state index in [0.29, 0.717) is 19.5 Å². The highest BCUT2D eigenvalue weighted by Gasteiger charge is 2.34. The maximum absolute atomic E-state index is 13.5. The Morgan fingerprint density at radius 1 is 1.24 bits per heavy atom. The van der Waals surface area contributed by atoms with Crippen LogP contribution in [0.3, 0.4) is 0 Å². The number of aromatic nitrogens is 1. The molecule has 2 amide bonds. The molecule has 1 saturated heterocycles. The second-order valence-corrected chi connectivity index (χ2v) is 7.80. The van der Waals surface area contributed by atoms with Crippen LogP contribution in [0.25, 0.3) is 10.9 Å². The van der Waals surface area contributed by atoms with E-state index in [0.717, 1.165) is 33.3 Å². The van der Waals surface area contributed by atoms with Gasteiger partial charge in [0.1, 0.15) is 5.82 Å². The molecule has 0 bridgehead atoms. The summed E-state index contributed by atoms with van der Waals surface area (Å²) in [7, 11) is 0. The third kappa shape index (κ3) is 4.01. The standard InChI is InChI=1S/C23H24FN3O2/c1-14-3-5-20(15(2)9-14)26-23(29)17-10-22(28)27(13-17)8-7-16-12-25-21-6-4-18(24)11-19(16)21/h3-6,9,11-12,17,25H,7-8,10,13H2,1-2H3,(H,26,29). The zero-order chi connectivity index (χ0) is 20.5. The lowest BCUT2D eigenvalue weighted by molar-refractivity contribution is -0.128. The Hall–Kier alpha value is -3.15. The second-order valence-electron chi connectivity index (χ2n) is 7.80. The van der Waals surface area contributed by atoms with Crippen LogP contribution < -0.4 is 5.32 Å². The van der Waals surface area contributed by atoms with Crippen LogP contribution >= 0.6 is 0 Å². The number of rotatable bonds is 5. The summed E-state index contributed by atoms with van der Waals surface area (Å²) in [5.41, 5.74) is 4.77. The third-order valence-corrected chi connectivity index (χ3v) is 5.61. The topological polar surface area (TPSA) is 65.2 Å². The van der Waals surface area contributed by atoms with E-state index in [-0.39, 0.29) is 30.0 Å². The van der Waals surface area contributed by atoms with Crippen LogP contribution in [0.2, 0.25) is 0 Å². The summed E-state index contributed by atoms with van der Waals surface area (Å²) in [6, 6.07) is 10.5. The van der Waals surface area contributed by atoms with Gasteiger partial charge in [-0.3, -0.25) is 9.59 Å². The number of benzene rings is 2. The molecule has 3 aromatic rings. The summed E-state index contributed by atoms with van der Waals surface area (Å²) < 4.78 is 13.5. The van der Waals surface area contributed by atoms with Gasteiger partial charge in [-0.25, -0.2) is 4.39 Å². The highest BCUT2D eigenvalue weighted by molar-refractivity contribution is 5.97. The predicted octanol–water partition coefficient (Wildman–Crippen LogP) is 3.95. The van der Waals surface area contributed by atoms with Crippen LogP contribution in [0.4, 0.5) is 10.1 Å². The summed E-state index contributed by atoms with van der Waals surface area (Å²) in [6.45, 7) is 4.88. The molecule has 2 N–H and O–H groups in total. The van der Waals surface area contributed by atoms with E-state index in [1.54, 1.807) is 11.0 Å². The van der Waals surface area contributed by atoms with E-state index >= 15 is 0 Å². The first kappa shape index (κ1) is 19.2. The Morgan fingerprint density at radius 3 is 2.86 bits per heavy atom. The van der Waals surface area contributed by atoms with Crippen molar-refractivity contribution in [1.82, 2.24) is 9.88 Å². The van der Waals surface area contributed by atoms with Gasteiger partial charge >= 0.3 is 0 Å². The molecule has 0 saturated carbocycles. The van der Waals surface area contributed by atoms with Crippen molar-refractivity contribution in [2.75, 3.05) is 18.4 Å². The number of fused-ring (bicyclic) bond motifs is 1. The largest absolute Gasteiger partial charge is 0.361 e. The maximum Gasteiger partial charge on any atom is 0.229 e. The number of anilines is 1. The second kappa shape index (κ2) is 7.70. The van der Waals surface area contributed by atoms with Gasteiger partial charge in [0, 0.05) is 42.3 Å². The average Bonchev–Trinajstić information content (AvgIpc) is 3.25. The van der Waals surface area contributed by atoms with Gasteiger partial charge in [0.15, 0.2) is 0 Å². The number of nitrogens with zero attached hydrogens (tertiary/aromatic N) is 1. The molecule has 0 aliphatic carbocycles.